The van der Waals surface area contributed by atoms with Crippen LogP contribution in [-0.4, -0.2) is 11.0 Å². The van der Waals surface area contributed by atoms with E-state index in [1.165, 1.54) is 6.08 Å². The van der Waals surface area contributed by atoms with Crippen molar-refractivity contribution in [1.29, 1.82) is 5.26 Å². The average Bonchev–Trinajstić information content (AvgIpc) is 2.20. The SMILES string of the molecule is Cc1c(C#N)ccc(/C=C/C(N)=O)c1O. The number of nitrogens with two attached hydrogens (primary N) is 1. The van der Waals surface area contributed by atoms with Crippen molar-refractivity contribution in [3.8, 4) is 11.8 Å². The summed E-state index contributed by atoms with van der Waals surface area (Å²) in [5.74, 6) is -0.594. The molecule has 0 unspecified atom stereocenters. The van der Waals surface area contributed by atoms with E-state index in [4.69, 9.17) is 11.0 Å². The maximum absolute atomic E-state index is 10.5. The van der Waals surface area contributed by atoms with Gasteiger partial charge in [-0.25, -0.2) is 0 Å². The Morgan fingerprint density at radius 3 is 2.80 bits per heavy atom. The van der Waals surface area contributed by atoms with Crippen LogP contribution in [0.25, 0.3) is 6.08 Å². The molecular weight excluding hydrogens is 192 g/mol. The molecule has 4 heteroatoms. The maximum Gasteiger partial charge on any atom is 0.241 e. The lowest BCUT2D eigenvalue weighted by molar-refractivity contribution is -0.113. The number of benzene rings is 1. The number of hydrogen-bond acceptors (Lipinski definition) is 3. The molecule has 0 saturated carbocycles. The minimum atomic E-state index is -0.587. The van der Waals surface area contributed by atoms with E-state index in [0.717, 1.165) is 6.08 Å². The van der Waals surface area contributed by atoms with E-state index >= 15 is 0 Å². The summed E-state index contributed by atoms with van der Waals surface area (Å²) in [6, 6.07) is 5.09. The van der Waals surface area contributed by atoms with Gasteiger partial charge in [0.2, 0.25) is 5.91 Å². The highest BCUT2D eigenvalue weighted by molar-refractivity contribution is 5.90. The normalized spacial score (nSPS) is 10.1. The topological polar surface area (TPSA) is 87.1 Å². The number of phenols is 1. The predicted octanol–water partition coefficient (Wildman–Crippen LogP) is 1.07. The van der Waals surface area contributed by atoms with E-state index in [-0.39, 0.29) is 5.75 Å². The van der Waals surface area contributed by atoms with Gasteiger partial charge < -0.3 is 10.8 Å². The van der Waals surface area contributed by atoms with Gasteiger partial charge in [0.05, 0.1) is 11.6 Å². The van der Waals surface area contributed by atoms with Crippen LogP contribution in [0.1, 0.15) is 16.7 Å². The van der Waals surface area contributed by atoms with Crippen molar-refractivity contribution in [2.45, 2.75) is 6.92 Å². The Bertz CT molecular complexity index is 470. The van der Waals surface area contributed by atoms with Crippen molar-refractivity contribution in [3.05, 3.63) is 34.9 Å². The van der Waals surface area contributed by atoms with Gasteiger partial charge >= 0.3 is 0 Å². The molecule has 0 fully saturated rings. The predicted molar refractivity (Wildman–Crippen MR) is 55.8 cm³/mol. The first kappa shape index (κ1) is 10.8. The number of carbonyl (C=O) groups excluding carboxylic acids is 1. The summed E-state index contributed by atoms with van der Waals surface area (Å²) in [6.45, 7) is 1.63. The van der Waals surface area contributed by atoms with Crippen LogP contribution in [0.5, 0.6) is 5.75 Å². The van der Waals surface area contributed by atoms with E-state index in [0.29, 0.717) is 16.7 Å². The summed E-state index contributed by atoms with van der Waals surface area (Å²) in [5, 5.41) is 18.4. The first-order chi connectivity index (χ1) is 7.06. The molecule has 0 saturated heterocycles. The molecule has 3 N–H and O–H groups in total. The van der Waals surface area contributed by atoms with E-state index in [9.17, 15) is 9.90 Å². The van der Waals surface area contributed by atoms with Crippen molar-refractivity contribution in [3.63, 3.8) is 0 Å². The number of carbonyl (C=O) groups is 1. The minimum Gasteiger partial charge on any atom is -0.507 e. The van der Waals surface area contributed by atoms with Gasteiger partial charge in [-0.15, -0.1) is 0 Å². The van der Waals surface area contributed by atoms with Crippen molar-refractivity contribution >= 4 is 12.0 Å². The van der Waals surface area contributed by atoms with Crippen molar-refractivity contribution in [2.75, 3.05) is 0 Å². The molecule has 0 heterocycles. The number of aromatic hydroxyl groups is 1. The number of rotatable bonds is 2. The van der Waals surface area contributed by atoms with Crippen molar-refractivity contribution in [1.82, 2.24) is 0 Å². The lowest BCUT2D eigenvalue weighted by Crippen LogP contribution is -2.05. The van der Waals surface area contributed by atoms with E-state index < -0.39 is 5.91 Å². The van der Waals surface area contributed by atoms with Crippen LogP contribution in [0.2, 0.25) is 0 Å². The summed E-state index contributed by atoms with van der Waals surface area (Å²) in [5.41, 5.74) is 6.28. The summed E-state index contributed by atoms with van der Waals surface area (Å²) >= 11 is 0. The maximum atomic E-state index is 10.5. The van der Waals surface area contributed by atoms with Gasteiger partial charge in [-0.1, -0.05) is 0 Å². The molecule has 0 aliphatic rings. The largest absolute Gasteiger partial charge is 0.507 e. The highest BCUT2D eigenvalue weighted by Crippen LogP contribution is 2.25. The van der Waals surface area contributed by atoms with E-state index in [2.05, 4.69) is 0 Å². The molecule has 1 rings (SSSR count). The molecule has 1 amide bonds. The van der Waals surface area contributed by atoms with Crippen molar-refractivity contribution in [2.24, 2.45) is 5.73 Å². The van der Waals surface area contributed by atoms with Gasteiger partial charge in [0.1, 0.15) is 5.75 Å². The molecule has 0 aliphatic heterocycles. The Morgan fingerprint density at radius 1 is 1.60 bits per heavy atom. The number of amides is 1. The molecule has 4 nitrogen and oxygen atoms in total. The Labute approximate surface area is 87.3 Å². The van der Waals surface area contributed by atoms with Gasteiger partial charge in [-0.3, -0.25) is 4.79 Å². The summed E-state index contributed by atoms with van der Waals surface area (Å²) in [7, 11) is 0. The lowest BCUT2D eigenvalue weighted by Gasteiger charge is -2.04. The highest BCUT2D eigenvalue weighted by Gasteiger charge is 2.06. The molecule has 1 aromatic rings. The second-order valence-electron chi connectivity index (χ2n) is 3.02. The number of hydrogen-bond donors (Lipinski definition) is 2. The number of nitrogens with zero attached hydrogens (tertiary/aromatic N) is 1. The number of phenolic OH excluding ortho intramolecular Hbond substituents is 1. The van der Waals surface area contributed by atoms with Crippen LogP contribution in [-0.2, 0) is 4.79 Å². The van der Waals surface area contributed by atoms with Crippen LogP contribution in [0.15, 0.2) is 18.2 Å². The van der Waals surface area contributed by atoms with E-state index in [1.807, 2.05) is 6.07 Å². The molecular formula is C11H10N2O2. The zero-order chi connectivity index (χ0) is 11.4. The molecule has 1 aromatic carbocycles. The molecule has 0 radical (unpaired) electrons. The fraction of sp³-hybridized carbons (Fsp3) is 0.0909. The van der Waals surface area contributed by atoms with Gasteiger partial charge in [0.25, 0.3) is 0 Å². The monoisotopic (exact) mass is 202 g/mol. The third kappa shape index (κ3) is 2.35. The summed E-state index contributed by atoms with van der Waals surface area (Å²) < 4.78 is 0. The van der Waals surface area contributed by atoms with Crippen LogP contribution in [0, 0.1) is 18.3 Å². The summed E-state index contributed by atoms with van der Waals surface area (Å²) in [6.07, 6.45) is 2.56. The third-order valence-corrected chi connectivity index (χ3v) is 2.01. The zero-order valence-electron chi connectivity index (χ0n) is 8.19. The second kappa shape index (κ2) is 4.29. The van der Waals surface area contributed by atoms with Gasteiger partial charge in [0, 0.05) is 17.2 Å². The second-order valence-corrected chi connectivity index (χ2v) is 3.02. The molecule has 0 spiro atoms. The lowest BCUT2D eigenvalue weighted by atomic mass is 10.0. The molecule has 0 atom stereocenters. The fourth-order valence-electron chi connectivity index (χ4n) is 1.15. The van der Waals surface area contributed by atoms with Crippen LogP contribution >= 0.6 is 0 Å². The Balaban J connectivity index is 3.19. The van der Waals surface area contributed by atoms with Gasteiger partial charge in [0.15, 0.2) is 0 Å². The van der Waals surface area contributed by atoms with Gasteiger partial charge in [-0.2, -0.15) is 5.26 Å². The van der Waals surface area contributed by atoms with E-state index in [1.54, 1.807) is 19.1 Å². The molecule has 15 heavy (non-hydrogen) atoms. The third-order valence-electron chi connectivity index (χ3n) is 2.01. The zero-order valence-corrected chi connectivity index (χ0v) is 8.19. The smallest absolute Gasteiger partial charge is 0.241 e. The van der Waals surface area contributed by atoms with Gasteiger partial charge in [-0.05, 0) is 25.1 Å². The first-order valence-corrected chi connectivity index (χ1v) is 4.26. The van der Waals surface area contributed by atoms with Crippen LogP contribution in [0.4, 0.5) is 0 Å². The molecule has 76 valence electrons. The molecule has 0 aromatic heterocycles. The fourth-order valence-corrected chi connectivity index (χ4v) is 1.15. The number of nitriles is 1. The Morgan fingerprint density at radius 2 is 2.27 bits per heavy atom. The summed E-state index contributed by atoms with van der Waals surface area (Å²) in [4.78, 5) is 10.5. The quantitative estimate of drug-likeness (QED) is 0.703. The number of primary amides is 1. The first-order valence-electron chi connectivity index (χ1n) is 4.26. The van der Waals surface area contributed by atoms with Crippen LogP contribution < -0.4 is 5.73 Å². The highest BCUT2D eigenvalue weighted by atomic mass is 16.3. The van der Waals surface area contributed by atoms with Crippen LogP contribution in [0.3, 0.4) is 0 Å². The molecule has 0 bridgehead atoms. The molecule has 0 aliphatic carbocycles. The Hall–Kier alpha value is -2.28. The Kier molecular flexibility index (Phi) is 3.09. The standard InChI is InChI=1S/C11H10N2O2/c1-7-9(6-12)3-2-8(11(7)15)4-5-10(13)14/h2-5,15H,1H3,(H2,13,14)/b5-4+. The minimum absolute atomic E-state index is 0.00782. The van der Waals surface area contributed by atoms with Crippen molar-refractivity contribution < 1.29 is 9.90 Å². The average molecular weight is 202 g/mol.